The molecule has 0 bridgehead atoms. The number of guanidine groups is 1. The fourth-order valence-corrected chi connectivity index (χ4v) is 3.75. The highest BCUT2D eigenvalue weighted by Crippen LogP contribution is 2.19. The van der Waals surface area contributed by atoms with Gasteiger partial charge in [0.1, 0.15) is 12.1 Å². The summed E-state index contributed by atoms with van der Waals surface area (Å²) in [5.41, 5.74) is 18.7. The predicted molar refractivity (Wildman–Crippen MR) is 134 cm³/mol. The largest absolute Gasteiger partial charge is 0.480 e. The summed E-state index contributed by atoms with van der Waals surface area (Å²) in [6.45, 7) is 0.315. The van der Waals surface area contributed by atoms with E-state index in [0.29, 0.717) is 25.1 Å². The summed E-state index contributed by atoms with van der Waals surface area (Å²) in [5, 5.41) is 15.8. The molecule has 3 unspecified atom stereocenters. The Hall–Kier alpha value is -4.39. The van der Waals surface area contributed by atoms with Crippen LogP contribution in [0, 0.1) is 0 Å². The maximum absolute atomic E-state index is 13.2. The van der Waals surface area contributed by atoms with Crippen LogP contribution in [0.5, 0.6) is 0 Å². The van der Waals surface area contributed by atoms with Crippen LogP contribution in [0.1, 0.15) is 24.1 Å². The number of carbonyl (C=O) groups is 3. The number of aliphatic carboxylic acids is 1. The number of carboxylic acid groups (broad SMARTS) is 1. The molecular formula is C23H31N9O4. The van der Waals surface area contributed by atoms with E-state index in [1.165, 1.54) is 12.5 Å². The van der Waals surface area contributed by atoms with Crippen LogP contribution in [-0.2, 0) is 27.2 Å². The third-order valence-corrected chi connectivity index (χ3v) is 5.63. The number of nitrogens with zero attached hydrogens (tertiary/aromatic N) is 2. The van der Waals surface area contributed by atoms with Crippen LogP contribution in [0.3, 0.4) is 0 Å². The number of carbonyl (C=O) groups excluding carboxylic acids is 2. The van der Waals surface area contributed by atoms with E-state index in [1.807, 2.05) is 24.3 Å². The first-order valence-corrected chi connectivity index (χ1v) is 11.4. The molecule has 36 heavy (non-hydrogen) atoms. The highest BCUT2D eigenvalue weighted by molar-refractivity contribution is 5.92. The van der Waals surface area contributed by atoms with Gasteiger partial charge < -0.3 is 42.9 Å². The standard InChI is InChI=1S/C23H31N9O4/c24-16(5-3-7-28-23(25)26)20(33)31-18(9-14-11-27-12-30-14)21(34)32-19(22(35)36)8-13-10-29-17-6-2-1-4-15(13)17/h1-2,4,6,10-12,16,18-19,29H,3,5,7-9,24H2,(H,27,30)(H,31,33)(H,32,34)(H,35,36)(H4,25,26,28). The van der Waals surface area contributed by atoms with E-state index in [2.05, 4.69) is 30.6 Å². The van der Waals surface area contributed by atoms with Crippen LogP contribution in [0.2, 0.25) is 0 Å². The van der Waals surface area contributed by atoms with E-state index >= 15 is 0 Å². The first kappa shape index (κ1) is 26.2. The maximum atomic E-state index is 13.2. The van der Waals surface area contributed by atoms with Crippen LogP contribution < -0.4 is 27.8 Å². The van der Waals surface area contributed by atoms with E-state index in [1.54, 1.807) is 6.20 Å². The van der Waals surface area contributed by atoms with Gasteiger partial charge in [-0.2, -0.15) is 0 Å². The molecule has 0 radical (unpaired) electrons. The Morgan fingerprint density at radius 2 is 1.81 bits per heavy atom. The van der Waals surface area contributed by atoms with Crippen molar-refractivity contribution in [2.75, 3.05) is 6.54 Å². The summed E-state index contributed by atoms with van der Waals surface area (Å²) in [6, 6.07) is 4.27. The lowest BCUT2D eigenvalue weighted by molar-refractivity contribution is -0.142. The third kappa shape index (κ3) is 7.30. The molecular weight excluding hydrogens is 466 g/mol. The zero-order valence-electron chi connectivity index (χ0n) is 19.6. The first-order chi connectivity index (χ1) is 17.2. The van der Waals surface area contributed by atoms with Crippen molar-refractivity contribution in [1.82, 2.24) is 25.6 Å². The lowest BCUT2D eigenvalue weighted by atomic mass is 10.0. The molecule has 2 heterocycles. The van der Waals surface area contributed by atoms with E-state index in [0.717, 1.165) is 16.5 Å². The number of aromatic amines is 2. The van der Waals surface area contributed by atoms with Gasteiger partial charge in [-0.15, -0.1) is 0 Å². The van der Waals surface area contributed by atoms with Crippen molar-refractivity contribution in [3.05, 3.63) is 54.2 Å². The summed E-state index contributed by atoms with van der Waals surface area (Å²) in [4.78, 5) is 51.6. The summed E-state index contributed by atoms with van der Waals surface area (Å²) >= 11 is 0. The molecule has 192 valence electrons. The van der Waals surface area contributed by atoms with E-state index in [9.17, 15) is 19.5 Å². The maximum Gasteiger partial charge on any atom is 0.326 e. The number of fused-ring (bicyclic) bond motifs is 1. The van der Waals surface area contributed by atoms with E-state index in [4.69, 9.17) is 17.2 Å². The average Bonchev–Trinajstić information content (AvgIpc) is 3.50. The lowest BCUT2D eigenvalue weighted by Gasteiger charge is -2.22. The number of rotatable bonds is 13. The molecule has 3 rings (SSSR count). The van der Waals surface area contributed by atoms with Crippen molar-refractivity contribution < 1.29 is 19.5 Å². The molecule has 0 fully saturated rings. The number of aromatic nitrogens is 3. The van der Waals surface area contributed by atoms with Crippen LogP contribution in [0.25, 0.3) is 10.9 Å². The predicted octanol–water partition coefficient (Wildman–Crippen LogP) is -0.889. The van der Waals surface area contributed by atoms with Crippen molar-refractivity contribution in [2.24, 2.45) is 22.2 Å². The first-order valence-electron chi connectivity index (χ1n) is 11.4. The molecule has 2 aromatic heterocycles. The molecule has 1 aromatic carbocycles. The minimum atomic E-state index is -1.22. The minimum Gasteiger partial charge on any atom is -0.480 e. The van der Waals surface area contributed by atoms with Crippen molar-refractivity contribution in [1.29, 1.82) is 0 Å². The molecule has 0 aliphatic heterocycles. The van der Waals surface area contributed by atoms with Crippen molar-refractivity contribution >= 4 is 34.6 Å². The SMILES string of the molecule is NC(N)=NCCCC(N)C(=O)NC(Cc1cnc[nH]1)C(=O)NC(Cc1c[nH]c2ccccc12)C(=O)O. The number of benzene rings is 1. The zero-order chi connectivity index (χ0) is 26.1. The minimum absolute atomic E-state index is 0.0510. The van der Waals surface area contributed by atoms with E-state index < -0.39 is 35.9 Å². The molecule has 11 N–H and O–H groups in total. The molecule has 0 aliphatic carbocycles. The van der Waals surface area contributed by atoms with Gasteiger partial charge in [0.2, 0.25) is 11.8 Å². The monoisotopic (exact) mass is 497 g/mol. The Kier molecular flexibility index (Phi) is 9.00. The van der Waals surface area contributed by atoms with Crippen LogP contribution >= 0.6 is 0 Å². The Labute approximate surface area is 206 Å². The fourth-order valence-electron chi connectivity index (χ4n) is 3.75. The number of nitrogens with two attached hydrogens (primary N) is 3. The number of hydrogen-bond donors (Lipinski definition) is 8. The number of aliphatic imine (C=N–C) groups is 1. The highest BCUT2D eigenvalue weighted by Gasteiger charge is 2.29. The Morgan fingerprint density at radius 1 is 1.06 bits per heavy atom. The topological polar surface area (TPSA) is 230 Å². The molecule has 0 aliphatic rings. The van der Waals surface area contributed by atoms with Gasteiger partial charge in [0.25, 0.3) is 0 Å². The number of nitrogens with one attached hydrogen (secondary N) is 4. The summed E-state index contributed by atoms with van der Waals surface area (Å²) in [6.07, 6.45) is 5.56. The molecule has 3 atom stereocenters. The molecule has 2 amide bonds. The van der Waals surface area contributed by atoms with Crippen molar-refractivity contribution in [3.63, 3.8) is 0 Å². The van der Waals surface area contributed by atoms with Crippen LogP contribution in [-0.4, -0.2) is 68.5 Å². The van der Waals surface area contributed by atoms with Gasteiger partial charge in [0.05, 0.1) is 12.4 Å². The molecule has 0 saturated carbocycles. The van der Waals surface area contributed by atoms with Gasteiger partial charge >= 0.3 is 5.97 Å². The van der Waals surface area contributed by atoms with Gasteiger partial charge in [0.15, 0.2) is 5.96 Å². The average molecular weight is 498 g/mol. The van der Waals surface area contributed by atoms with Crippen molar-refractivity contribution in [3.8, 4) is 0 Å². The number of H-pyrrole nitrogens is 2. The summed E-state index contributed by atoms with van der Waals surface area (Å²) in [7, 11) is 0. The number of amides is 2. The second-order valence-electron chi connectivity index (χ2n) is 8.36. The van der Waals surface area contributed by atoms with Crippen LogP contribution in [0.15, 0.2) is 48.0 Å². The molecule has 13 heteroatoms. The van der Waals surface area contributed by atoms with Crippen molar-refractivity contribution in [2.45, 2.75) is 43.8 Å². The molecule has 13 nitrogen and oxygen atoms in total. The quantitative estimate of drug-likeness (QED) is 0.0836. The Balaban J connectivity index is 1.68. The van der Waals surface area contributed by atoms with E-state index in [-0.39, 0.29) is 18.8 Å². The van der Waals surface area contributed by atoms with Gasteiger partial charge in [-0.05, 0) is 24.5 Å². The Morgan fingerprint density at radius 3 is 2.50 bits per heavy atom. The molecule has 3 aromatic rings. The fraction of sp³-hybridized carbons (Fsp3) is 0.348. The van der Waals surface area contributed by atoms with Gasteiger partial charge in [-0.25, -0.2) is 9.78 Å². The Bertz CT molecular complexity index is 1200. The molecule has 0 saturated heterocycles. The molecule has 0 spiro atoms. The second-order valence-corrected chi connectivity index (χ2v) is 8.36. The van der Waals surface area contributed by atoms with Gasteiger partial charge in [-0.1, -0.05) is 18.2 Å². The lowest BCUT2D eigenvalue weighted by Crippen LogP contribution is -2.55. The summed E-state index contributed by atoms with van der Waals surface area (Å²) in [5.74, 6) is -2.46. The second kappa shape index (κ2) is 12.4. The van der Waals surface area contributed by atoms with Gasteiger partial charge in [0, 0.05) is 48.4 Å². The van der Waals surface area contributed by atoms with Gasteiger partial charge in [-0.3, -0.25) is 14.6 Å². The van der Waals surface area contributed by atoms with Crippen LogP contribution in [0.4, 0.5) is 0 Å². The number of hydrogen-bond acceptors (Lipinski definition) is 6. The third-order valence-electron chi connectivity index (χ3n) is 5.63. The normalized spacial score (nSPS) is 13.5. The smallest absolute Gasteiger partial charge is 0.326 e. The number of imidazole rings is 1. The number of carboxylic acids is 1. The number of para-hydroxylation sites is 1. The zero-order valence-corrected chi connectivity index (χ0v) is 19.6. The summed E-state index contributed by atoms with van der Waals surface area (Å²) < 4.78 is 0. The highest BCUT2D eigenvalue weighted by atomic mass is 16.4.